The van der Waals surface area contributed by atoms with Gasteiger partial charge in [0.15, 0.2) is 0 Å². The van der Waals surface area contributed by atoms with Gasteiger partial charge in [0.25, 0.3) is 0 Å². The predicted octanol–water partition coefficient (Wildman–Crippen LogP) is 3.53. The zero-order valence-corrected chi connectivity index (χ0v) is 8.02. The van der Waals surface area contributed by atoms with Crippen molar-refractivity contribution >= 4 is 33.2 Å². The number of hydrogen-bond acceptors (Lipinski definition) is 2. The van der Waals surface area contributed by atoms with Crippen LogP contribution in [0.5, 0.6) is 0 Å². The maximum Gasteiger partial charge on any atom is 0.0314 e. The van der Waals surface area contributed by atoms with E-state index in [0.717, 1.165) is 5.75 Å². The van der Waals surface area contributed by atoms with E-state index in [0.29, 0.717) is 5.25 Å². The van der Waals surface area contributed by atoms with Crippen LogP contribution < -0.4 is 0 Å². The van der Waals surface area contributed by atoms with E-state index in [1.807, 2.05) is 27.7 Å². The summed E-state index contributed by atoms with van der Waals surface area (Å²) < 4.78 is 0. The molecule has 0 spiro atoms. The highest BCUT2D eigenvalue weighted by Gasteiger charge is 1.94. The SMILES string of the molecule is CCSSC(C)/C=C/Cl. The van der Waals surface area contributed by atoms with Gasteiger partial charge in [-0.3, -0.25) is 0 Å². The summed E-state index contributed by atoms with van der Waals surface area (Å²) in [4.78, 5) is 0. The smallest absolute Gasteiger partial charge is 0.0314 e. The molecule has 0 aromatic carbocycles. The van der Waals surface area contributed by atoms with Crippen molar-refractivity contribution in [1.82, 2.24) is 0 Å². The quantitative estimate of drug-likeness (QED) is 0.611. The van der Waals surface area contributed by atoms with Gasteiger partial charge in [0.2, 0.25) is 0 Å². The van der Waals surface area contributed by atoms with E-state index in [1.54, 1.807) is 5.54 Å². The third-order valence-corrected chi connectivity index (χ3v) is 3.69. The Morgan fingerprint density at radius 2 is 2.33 bits per heavy atom. The minimum absolute atomic E-state index is 0.535. The van der Waals surface area contributed by atoms with Crippen LogP contribution in [0.3, 0.4) is 0 Å². The molecule has 0 amide bonds. The van der Waals surface area contributed by atoms with Crippen LogP contribution in [0, 0.1) is 0 Å². The molecule has 1 unspecified atom stereocenters. The molecule has 0 saturated carbocycles. The van der Waals surface area contributed by atoms with Gasteiger partial charge in [0.05, 0.1) is 0 Å². The van der Waals surface area contributed by atoms with Crippen molar-refractivity contribution in [3.05, 3.63) is 11.6 Å². The molecule has 1 atom stereocenters. The third kappa shape index (κ3) is 6.62. The molecule has 0 rings (SSSR count). The number of rotatable bonds is 4. The van der Waals surface area contributed by atoms with E-state index in [2.05, 4.69) is 13.8 Å². The molecule has 0 aliphatic heterocycles. The van der Waals surface area contributed by atoms with Crippen LogP contribution in [0.15, 0.2) is 11.6 Å². The highest BCUT2D eigenvalue weighted by molar-refractivity contribution is 8.77. The Morgan fingerprint density at radius 1 is 1.67 bits per heavy atom. The second-order valence-electron chi connectivity index (χ2n) is 1.53. The molecule has 0 aliphatic rings. The normalized spacial score (nSPS) is 14.6. The van der Waals surface area contributed by atoms with E-state index in [9.17, 15) is 0 Å². The van der Waals surface area contributed by atoms with Crippen molar-refractivity contribution in [2.45, 2.75) is 19.1 Å². The van der Waals surface area contributed by atoms with E-state index < -0.39 is 0 Å². The van der Waals surface area contributed by atoms with Crippen molar-refractivity contribution in [3.63, 3.8) is 0 Å². The maximum atomic E-state index is 5.37. The third-order valence-electron chi connectivity index (χ3n) is 0.681. The summed E-state index contributed by atoms with van der Waals surface area (Å²) in [5.41, 5.74) is 1.58. The summed E-state index contributed by atoms with van der Waals surface area (Å²) in [7, 11) is 3.71. The molecule has 0 saturated heterocycles. The molecule has 0 bridgehead atoms. The first-order valence-electron chi connectivity index (χ1n) is 2.86. The predicted molar refractivity (Wildman–Crippen MR) is 50.2 cm³/mol. The highest BCUT2D eigenvalue weighted by atomic mass is 35.5. The summed E-state index contributed by atoms with van der Waals surface area (Å²) in [6.45, 7) is 4.28. The second kappa shape index (κ2) is 6.84. The second-order valence-corrected chi connectivity index (χ2v) is 4.81. The highest BCUT2D eigenvalue weighted by Crippen LogP contribution is 2.26. The summed E-state index contributed by atoms with van der Waals surface area (Å²) in [5, 5.41) is 0.535. The van der Waals surface area contributed by atoms with Gasteiger partial charge in [-0.25, -0.2) is 0 Å². The molecule has 54 valence electrons. The largest absolute Gasteiger partial charge is 0.0939 e. The van der Waals surface area contributed by atoms with E-state index in [-0.39, 0.29) is 0 Å². The van der Waals surface area contributed by atoms with Gasteiger partial charge in [-0.15, -0.1) is 0 Å². The van der Waals surface area contributed by atoms with Gasteiger partial charge in [-0.05, 0) is 6.92 Å². The molecule has 0 heterocycles. The zero-order chi connectivity index (χ0) is 7.11. The fraction of sp³-hybridized carbons (Fsp3) is 0.667. The summed E-state index contributed by atoms with van der Waals surface area (Å²) in [5.74, 6) is 1.16. The average Bonchev–Trinajstić information content (AvgIpc) is 1.85. The first-order chi connectivity index (χ1) is 4.31. The monoisotopic (exact) mass is 182 g/mol. The van der Waals surface area contributed by atoms with Crippen LogP contribution in [0.25, 0.3) is 0 Å². The van der Waals surface area contributed by atoms with Gasteiger partial charge >= 0.3 is 0 Å². The van der Waals surface area contributed by atoms with Crippen molar-refractivity contribution in [1.29, 1.82) is 0 Å². The fourth-order valence-electron chi connectivity index (χ4n) is 0.310. The molecule has 0 N–H and O–H groups in total. The summed E-state index contributed by atoms with van der Waals surface area (Å²) in [6.07, 6.45) is 1.98. The molecule has 0 aromatic rings. The van der Waals surface area contributed by atoms with Gasteiger partial charge in [0, 0.05) is 16.5 Å². The Hall–Kier alpha value is 0.730. The van der Waals surface area contributed by atoms with Gasteiger partial charge < -0.3 is 0 Å². The minimum atomic E-state index is 0.535. The Kier molecular flexibility index (Phi) is 7.40. The molecular formula is C6H11ClS2. The molecule has 0 nitrogen and oxygen atoms in total. The lowest BCUT2D eigenvalue weighted by Gasteiger charge is -2.00. The first kappa shape index (κ1) is 9.73. The van der Waals surface area contributed by atoms with Crippen molar-refractivity contribution < 1.29 is 0 Å². The fourth-order valence-corrected chi connectivity index (χ4v) is 2.35. The summed E-state index contributed by atoms with van der Waals surface area (Å²) >= 11 is 5.37. The van der Waals surface area contributed by atoms with E-state index in [4.69, 9.17) is 11.6 Å². The molecule has 0 aliphatic carbocycles. The maximum absolute atomic E-state index is 5.37. The van der Waals surface area contributed by atoms with Crippen LogP contribution in [0.4, 0.5) is 0 Å². The Labute approximate surface area is 69.8 Å². The van der Waals surface area contributed by atoms with Crippen LogP contribution >= 0.6 is 33.2 Å². The van der Waals surface area contributed by atoms with Gasteiger partial charge in [-0.2, -0.15) is 0 Å². The molecule has 0 radical (unpaired) electrons. The molecule has 3 heteroatoms. The number of halogens is 1. The molecule has 9 heavy (non-hydrogen) atoms. The van der Waals surface area contributed by atoms with Gasteiger partial charge in [0.1, 0.15) is 0 Å². The van der Waals surface area contributed by atoms with Gasteiger partial charge in [-0.1, -0.05) is 46.2 Å². The zero-order valence-electron chi connectivity index (χ0n) is 5.63. The molecular weight excluding hydrogens is 172 g/mol. The molecule has 0 aromatic heterocycles. The minimum Gasteiger partial charge on any atom is -0.0939 e. The Balaban J connectivity index is 3.15. The Morgan fingerprint density at radius 3 is 2.78 bits per heavy atom. The van der Waals surface area contributed by atoms with Crippen molar-refractivity contribution in [2.24, 2.45) is 0 Å². The van der Waals surface area contributed by atoms with E-state index >= 15 is 0 Å². The number of hydrogen-bond donors (Lipinski definition) is 0. The topological polar surface area (TPSA) is 0 Å². The van der Waals surface area contributed by atoms with E-state index in [1.165, 1.54) is 0 Å². The van der Waals surface area contributed by atoms with Crippen LogP contribution in [-0.2, 0) is 0 Å². The van der Waals surface area contributed by atoms with Crippen molar-refractivity contribution in [2.75, 3.05) is 5.75 Å². The Bertz CT molecular complexity index is 83.1. The van der Waals surface area contributed by atoms with Crippen LogP contribution in [-0.4, -0.2) is 11.0 Å². The van der Waals surface area contributed by atoms with Crippen LogP contribution in [0.2, 0.25) is 0 Å². The molecule has 0 fully saturated rings. The average molecular weight is 183 g/mol. The lowest BCUT2D eigenvalue weighted by Crippen LogP contribution is -1.84. The van der Waals surface area contributed by atoms with Crippen LogP contribution in [0.1, 0.15) is 13.8 Å². The first-order valence-corrected chi connectivity index (χ1v) is 5.68. The lowest BCUT2D eigenvalue weighted by atomic mass is 10.5. The lowest BCUT2D eigenvalue weighted by molar-refractivity contribution is 1.26. The summed E-state index contributed by atoms with van der Waals surface area (Å²) in [6, 6.07) is 0. The standard InChI is InChI=1S/C6H11ClS2/c1-3-8-9-6(2)4-5-7/h4-6H,3H2,1-2H3/b5-4+. The van der Waals surface area contributed by atoms with Crippen molar-refractivity contribution in [3.8, 4) is 0 Å².